The highest BCUT2D eigenvalue weighted by molar-refractivity contribution is 5.89. The number of aromatic amines is 1. The van der Waals surface area contributed by atoms with Gasteiger partial charge in [-0.15, -0.1) is 0 Å². The highest BCUT2D eigenvalue weighted by atomic mass is 16.5. The molecule has 2 aromatic rings. The maximum absolute atomic E-state index is 11.6. The molecule has 5 nitrogen and oxygen atoms in total. The lowest BCUT2D eigenvalue weighted by molar-refractivity contribution is 0.409. The molecule has 0 spiro atoms. The Balaban J connectivity index is 2.93. The minimum absolute atomic E-state index is 0.240. The Morgan fingerprint density at radius 2 is 1.87 bits per heavy atom. The molecule has 15 heavy (non-hydrogen) atoms. The molecule has 0 bridgehead atoms. The van der Waals surface area contributed by atoms with Gasteiger partial charge in [-0.05, 0) is 12.1 Å². The zero-order chi connectivity index (χ0) is 10.8. The standard InChI is InChI=1S/C10H10N2O3/c1-14-6-3-4-7(15-2)9-8(6)10(13)12-5-11-9/h3-5H,1-2H3,(H,11,12,13). The van der Waals surface area contributed by atoms with E-state index in [4.69, 9.17) is 9.47 Å². The molecule has 0 unspecified atom stereocenters. The Bertz CT molecular complexity index is 548. The van der Waals surface area contributed by atoms with Crippen molar-refractivity contribution in [3.63, 3.8) is 0 Å². The molecule has 0 aliphatic heterocycles. The molecule has 1 N–H and O–H groups in total. The van der Waals surface area contributed by atoms with Gasteiger partial charge in [0.15, 0.2) is 0 Å². The Kier molecular flexibility index (Phi) is 2.29. The quantitative estimate of drug-likeness (QED) is 0.794. The van der Waals surface area contributed by atoms with E-state index in [0.29, 0.717) is 22.4 Å². The molecule has 0 saturated heterocycles. The number of ether oxygens (including phenoxy) is 2. The van der Waals surface area contributed by atoms with Crippen LogP contribution in [-0.2, 0) is 0 Å². The smallest absolute Gasteiger partial charge is 0.262 e. The summed E-state index contributed by atoms with van der Waals surface area (Å²) in [5.41, 5.74) is 0.261. The van der Waals surface area contributed by atoms with Crippen LogP contribution >= 0.6 is 0 Å². The summed E-state index contributed by atoms with van der Waals surface area (Å²) in [5.74, 6) is 1.04. The highest BCUT2D eigenvalue weighted by Gasteiger charge is 2.10. The van der Waals surface area contributed by atoms with Crippen molar-refractivity contribution in [2.75, 3.05) is 14.2 Å². The van der Waals surface area contributed by atoms with E-state index in [2.05, 4.69) is 9.97 Å². The molecule has 1 aromatic heterocycles. The van der Waals surface area contributed by atoms with Crippen molar-refractivity contribution in [2.45, 2.75) is 0 Å². The largest absolute Gasteiger partial charge is 0.496 e. The van der Waals surface area contributed by atoms with Crippen LogP contribution in [0.2, 0.25) is 0 Å². The van der Waals surface area contributed by atoms with Crippen molar-refractivity contribution in [1.29, 1.82) is 0 Å². The van der Waals surface area contributed by atoms with Crippen LogP contribution in [0.25, 0.3) is 10.9 Å². The van der Waals surface area contributed by atoms with Gasteiger partial charge in [0.1, 0.15) is 22.4 Å². The first-order valence-electron chi connectivity index (χ1n) is 4.36. The lowest BCUT2D eigenvalue weighted by Crippen LogP contribution is -2.08. The normalized spacial score (nSPS) is 10.3. The van der Waals surface area contributed by atoms with E-state index < -0.39 is 0 Å². The first-order chi connectivity index (χ1) is 7.27. The summed E-state index contributed by atoms with van der Waals surface area (Å²) < 4.78 is 10.2. The summed E-state index contributed by atoms with van der Waals surface area (Å²) in [6.07, 6.45) is 1.34. The number of H-pyrrole nitrogens is 1. The Labute approximate surface area is 85.7 Å². The molecule has 5 heteroatoms. The van der Waals surface area contributed by atoms with Crippen LogP contribution in [0.1, 0.15) is 0 Å². The van der Waals surface area contributed by atoms with Gasteiger partial charge in [0.05, 0.1) is 20.5 Å². The summed E-state index contributed by atoms with van der Waals surface area (Å²) >= 11 is 0. The fourth-order valence-corrected chi connectivity index (χ4v) is 1.46. The molecule has 0 amide bonds. The number of aromatic nitrogens is 2. The Hall–Kier alpha value is -2.04. The number of fused-ring (bicyclic) bond motifs is 1. The molecule has 2 rings (SSSR count). The van der Waals surface area contributed by atoms with Crippen molar-refractivity contribution in [2.24, 2.45) is 0 Å². The molecule has 1 aromatic carbocycles. The number of methoxy groups -OCH3 is 2. The predicted molar refractivity (Wildman–Crippen MR) is 55.5 cm³/mol. The van der Waals surface area contributed by atoms with E-state index in [0.717, 1.165) is 0 Å². The second-order valence-electron chi connectivity index (χ2n) is 2.93. The van der Waals surface area contributed by atoms with E-state index in [1.165, 1.54) is 20.5 Å². The van der Waals surface area contributed by atoms with Gasteiger partial charge in [0, 0.05) is 0 Å². The van der Waals surface area contributed by atoms with E-state index in [9.17, 15) is 4.79 Å². The third kappa shape index (κ3) is 1.41. The predicted octanol–water partition coefficient (Wildman–Crippen LogP) is 0.940. The third-order valence-corrected chi connectivity index (χ3v) is 2.16. The first-order valence-corrected chi connectivity index (χ1v) is 4.36. The van der Waals surface area contributed by atoms with Crippen LogP contribution in [0.3, 0.4) is 0 Å². The number of hydrogen-bond acceptors (Lipinski definition) is 4. The number of rotatable bonds is 2. The average molecular weight is 206 g/mol. The third-order valence-electron chi connectivity index (χ3n) is 2.16. The second kappa shape index (κ2) is 3.61. The molecular formula is C10H10N2O3. The SMILES string of the molecule is COc1ccc(OC)c2c(=O)[nH]cnc12. The minimum Gasteiger partial charge on any atom is -0.496 e. The van der Waals surface area contributed by atoms with Crippen molar-refractivity contribution < 1.29 is 9.47 Å². The van der Waals surface area contributed by atoms with E-state index in [-0.39, 0.29) is 5.56 Å². The van der Waals surface area contributed by atoms with Gasteiger partial charge in [0.2, 0.25) is 0 Å². The number of nitrogens with one attached hydrogen (secondary N) is 1. The fourth-order valence-electron chi connectivity index (χ4n) is 1.46. The zero-order valence-corrected chi connectivity index (χ0v) is 8.40. The van der Waals surface area contributed by atoms with E-state index in [1.54, 1.807) is 12.1 Å². The molecule has 0 aliphatic carbocycles. The minimum atomic E-state index is -0.240. The topological polar surface area (TPSA) is 64.2 Å². The van der Waals surface area contributed by atoms with Gasteiger partial charge in [-0.2, -0.15) is 0 Å². The van der Waals surface area contributed by atoms with Crippen LogP contribution < -0.4 is 15.0 Å². The van der Waals surface area contributed by atoms with Crippen LogP contribution in [0.15, 0.2) is 23.3 Å². The van der Waals surface area contributed by atoms with E-state index >= 15 is 0 Å². The molecule has 0 fully saturated rings. The summed E-state index contributed by atoms with van der Waals surface area (Å²) in [5, 5.41) is 0.402. The van der Waals surface area contributed by atoms with Gasteiger partial charge >= 0.3 is 0 Å². The van der Waals surface area contributed by atoms with Gasteiger partial charge in [0.25, 0.3) is 5.56 Å². The van der Waals surface area contributed by atoms with Crippen LogP contribution in [0.5, 0.6) is 11.5 Å². The maximum Gasteiger partial charge on any atom is 0.262 e. The lowest BCUT2D eigenvalue weighted by Gasteiger charge is -2.07. The zero-order valence-electron chi connectivity index (χ0n) is 8.40. The summed E-state index contributed by atoms with van der Waals surface area (Å²) in [6.45, 7) is 0. The van der Waals surface area contributed by atoms with Crippen LogP contribution in [-0.4, -0.2) is 24.2 Å². The highest BCUT2D eigenvalue weighted by Crippen LogP contribution is 2.28. The molecule has 0 atom stereocenters. The summed E-state index contributed by atoms with van der Waals surface area (Å²) in [6, 6.07) is 3.39. The van der Waals surface area contributed by atoms with Crippen LogP contribution in [0, 0.1) is 0 Å². The van der Waals surface area contributed by atoms with Gasteiger partial charge in [-0.3, -0.25) is 4.79 Å². The summed E-state index contributed by atoms with van der Waals surface area (Å²) in [4.78, 5) is 18.2. The fraction of sp³-hybridized carbons (Fsp3) is 0.200. The van der Waals surface area contributed by atoms with Crippen LogP contribution in [0.4, 0.5) is 0 Å². The monoisotopic (exact) mass is 206 g/mol. The van der Waals surface area contributed by atoms with Crippen molar-refractivity contribution in [1.82, 2.24) is 9.97 Å². The lowest BCUT2D eigenvalue weighted by atomic mass is 10.2. The van der Waals surface area contributed by atoms with Gasteiger partial charge in [-0.25, -0.2) is 4.98 Å². The van der Waals surface area contributed by atoms with Crippen molar-refractivity contribution in [3.05, 3.63) is 28.8 Å². The number of benzene rings is 1. The number of hydrogen-bond donors (Lipinski definition) is 1. The van der Waals surface area contributed by atoms with Crippen molar-refractivity contribution >= 4 is 10.9 Å². The molecule has 0 radical (unpaired) electrons. The van der Waals surface area contributed by atoms with Gasteiger partial charge < -0.3 is 14.5 Å². The molecule has 0 aliphatic rings. The number of nitrogens with zero attached hydrogens (tertiary/aromatic N) is 1. The first kappa shape index (κ1) is 9.51. The average Bonchev–Trinajstić information content (AvgIpc) is 2.28. The molecule has 0 saturated carbocycles. The second-order valence-corrected chi connectivity index (χ2v) is 2.93. The molecule has 1 heterocycles. The Morgan fingerprint density at radius 3 is 2.53 bits per heavy atom. The van der Waals surface area contributed by atoms with Gasteiger partial charge in [-0.1, -0.05) is 0 Å². The van der Waals surface area contributed by atoms with Crippen molar-refractivity contribution in [3.8, 4) is 11.5 Å². The maximum atomic E-state index is 11.6. The Morgan fingerprint density at radius 1 is 1.20 bits per heavy atom. The summed E-state index contributed by atoms with van der Waals surface area (Å²) in [7, 11) is 3.04. The molecular weight excluding hydrogens is 196 g/mol. The van der Waals surface area contributed by atoms with E-state index in [1.807, 2.05) is 0 Å². The molecule has 78 valence electrons.